The summed E-state index contributed by atoms with van der Waals surface area (Å²) in [4.78, 5) is 4.27. The van der Waals surface area contributed by atoms with Gasteiger partial charge in [0.1, 0.15) is 0 Å². The van der Waals surface area contributed by atoms with Gasteiger partial charge in [-0.1, -0.05) is 12.8 Å². The highest BCUT2D eigenvalue weighted by Crippen LogP contribution is 2.17. The van der Waals surface area contributed by atoms with Gasteiger partial charge < -0.3 is 15.2 Å². The maximum absolute atomic E-state index is 4.27. The molecule has 0 saturated heterocycles. The highest BCUT2D eigenvalue weighted by atomic mass is 15.2. The minimum atomic E-state index is 0.606. The molecule has 1 aromatic rings. The van der Waals surface area contributed by atoms with E-state index in [0.717, 1.165) is 12.5 Å². The molecule has 2 N–H and O–H groups in total. The molecule has 1 fully saturated rings. The Kier molecular flexibility index (Phi) is 4.07. The number of aryl methyl sites for hydroxylation is 1. The van der Waals surface area contributed by atoms with E-state index in [1.54, 1.807) is 0 Å². The van der Waals surface area contributed by atoms with Crippen molar-refractivity contribution in [1.29, 1.82) is 0 Å². The van der Waals surface area contributed by atoms with E-state index in [1.807, 2.05) is 7.05 Å². The zero-order valence-corrected chi connectivity index (χ0v) is 10.7. The van der Waals surface area contributed by atoms with Crippen LogP contribution in [0.25, 0.3) is 0 Å². The molecule has 0 amide bonds. The summed E-state index contributed by atoms with van der Waals surface area (Å²) in [5, 5.41) is 6.83. The first-order valence-electron chi connectivity index (χ1n) is 6.37. The maximum atomic E-state index is 4.27. The van der Waals surface area contributed by atoms with Crippen molar-refractivity contribution >= 4 is 5.96 Å². The molecular formula is C13H22N4. The molecule has 1 aliphatic carbocycles. The van der Waals surface area contributed by atoms with Crippen LogP contribution in [0.2, 0.25) is 0 Å². The third kappa shape index (κ3) is 3.25. The van der Waals surface area contributed by atoms with Gasteiger partial charge in [-0.3, -0.25) is 4.99 Å². The Bertz CT molecular complexity index is 375. The van der Waals surface area contributed by atoms with Gasteiger partial charge in [-0.05, 0) is 25.0 Å². The van der Waals surface area contributed by atoms with Gasteiger partial charge in [-0.15, -0.1) is 0 Å². The fourth-order valence-electron chi connectivity index (χ4n) is 2.31. The second-order valence-electron chi connectivity index (χ2n) is 4.66. The summed E-state index contributed by atoms with van der Waals surface area (Å²) in [7, 11) is 3.89. The first-order valence-corrected chi connectivity index (χ1v) is 6.37. The SMILES string of the molecule is CN=C(NCc1cccn1C)NC1CCCC1. The lowest BCUT2D eigenvalue weighted by atomic mass is 10.2. The van der Waals surface area contributed by atoms with Gasteiger partial charge in [0.15, 0.2) is 5.96 Å². The van der Waals surface area contributed by atoms with Gasteiger partial charge in [0.25, 0.3) is 0 Å². The highest BCUT2D eigenvalue weighted by molar-refractivity contribution is 5.79. The van der Waals surface area contributed by atoms with Crippen LogP contribution in [-0.2, 0) is 13.6 Å². The van der Waals surface area contributed by atoms with E-state index in [2.05, 4.69) is 45.6 Å². The Morgan fingerprint density at radius 2 is 2.24 bits per heavy atom. The molecule has 0 bridgehead atoms. The van der Waals surface area contributed by atoms with E-state index in [-0.39, 0.29) is 0 Å². The monoisotopic (exact) mass is 234 g/mol. The van der Waals surface area contributed by atoms with Crippen molar-refractivity contribution in [3.63, 3.8) is 0 Å². The molecule has 0 atom stereocenters. The fourth-order valence-corrected chi connectivity index (χ4v) is 2.31. The number of hydrogen-bond donors (Lipinski definition) is 2. The molecule has 4 nitrogen and oxygen atoms in total. The number of nitrogens with one attached hydrogen (secondary N) is 2. The van der Waals surface area contributed by atoms with Gasteiger partial charge in [-0.25, -0.2) is 0 Å². The van der Waals surface area contributed by atoms with Crippen LogP contribution in [0.3, 0.4) is 0 Å². The second kappa shape index (κ2) is 5.75. The molecule has 0 aromatic carbocycles. The van der Waals surface area contributed by atoms with Crippen LogP contribution in [0.15, 0.2) is 23.3 Å². The van der Waals surface area contributed by atoms with E-state index in [4.69, 9.17) is 0 Å². The van der Waals surface area contributed by atoms with Crippen LogP contribution in [0.4, 0.5) is 0 Å². The molecule has 1 heterocycles. The molecule has 94 valence electrons. The lowest BCUT2D eigenvalue weighted by Gasteiger charge is -2.17. The van der Waals surface area contributed by atoms with Gasteiger partial charge >= 0.3 is 0 Å². The Balaban J connectivity index is 1.81. The average molecular weight is 234 g/mol. The topological polar surface area (TPSA) is 41.4 Å². The summed E-state index contributed by atoms with van der Waals surface area (Å²) in [5.74, 6) is 0.915. The molecule has 2 rings (SSSR count). The maximum Gasteiger partial charge on any atom is 0.191 e. The third-order valence-electron chi connectivity index (χ3n) is 3.41. The van der Waals surface area contributed by atoms with Crippen molar-refractivity contribution < 1.29 is 0 Å². The molecule has 1 aromatic heterocycles. The average Bonchev–Trinajstić information content (AvgIpc) is 2.96. The number of hydrogen-bond acceptors (Lipinski definition) is 1. The molecule has 4 heteroatoms. The first kappa shape index (κ1) is 12.0. The van der Waals surface area contributed by atoms with E-state index in [1.165, 1.54) is 31.4 Å². The van der Waals surface area contributed by atoms with Gasteiger partial charge in [0.2, 0.25) is 0 Å². The van der Waals surface area contributed by atoms with E-state index < -0.39 is 0 Å². The number of aliphatic imine (C=N–C) groups is 1. The molecule has 0 spiro atoms. The summed E-state index contributed by atoms with van der Waals surface area (Å²) in [5.41, 5.74) is 1.26. The van der Waals surface area contributed by atoms with Crippen LogP contribution in [-0.4, -0.2) is 23.6 Å². The Morgan fingerprint density at radius 3 is 2.82 bits per heavy atom. The largest absolute Gasteiger partial charge is 0.354 e. The quantitative estimate of drug-likeness (QED) is 0.616. The lowest BCUT2D eigenvalue weighted by molar-refractivity contribution is 0.611. The van der Waals surface area contributed by atoms with E-state index in [0.29, 0.717) is 6.04 Å². The summed E-state index contributed by atoms with van der Waals surface area (Å²) in [6, 6.07) is 4.79. The Morgan fingerprint density at radius 1 is 1.47 bits per heavy atom. The third-order valence-corrected chi connectivity index (χ3v) is 3.41. The van der Waals surface area contributed by atoms with Crippen LogP contribution >= 0.6 is 0 Å². The zero-order chi connectivity index (χ0) is 12.1. The van der Waals surface area contributed by atoms with Crippen LogP contribution < -0.4 is 10.6 Å². The number of aromatic nitrogens is 1. The van der Waals surface area contributed by atoms with Gasteiger partial charge in [-0.2, -0.15) is 0 Å². The zero-order valence-electron chi connectivity index (χ0n) is 10.7. The van der Waals surface area contributed by atoms with E-state index >= 15 is 0 Å². The molecule has 0 aliphatic heterocycles. The molecule has 1 aliphatic rings. The molecule has 0 unspecified atom stereocenters. The van der Waals surface area contributed by atoms with Crippen LogP contribution in [0, 0.1) is 0 Å². The van der Waals surface area contributed by atoms with Gasteiger partial charge in [0, 0.05) is 32.0 Å². The molecule has 1 saturated carbocycles. The predicted molar refractivity (Wildman–Crippen MR) is 71.0 cm³/mol. The standard InChI is InChI=1S/C13H22N4/c1-14-13(16-11-6-3-4-7-11)15-10-12-8-5-9-17(12)2/h5,8-9,11H,3-4,6-7,10H2,1-2H3,(H2,14,15,16). The Labute approximate surface area is 103 Å². The van der Waals surface area contributed by atoms with Crippen LogP contribution in [0.1, 0.15) is 31.4 Å². The van der Waals surface area contributed by atoms with Crippen molar-refractivity contribution in [3.05, 3.63) is 24.0 Å². The fraction of sp³-hybridized carbons (Fsp3) is 0.615. The van der Waals surface area contributed by atoms with Crippen LogP contribution in [0.5, 0.6) is 0 Å². The molecular weight excluding hydrogens is 212 g/mol. The van der Waals surface area contributed by atoms with Crippen molar-refractivity contribution in [1.82, 2.24) is 15.2 Å². The lowest BCUT2D eigenvalue weighted by Crippen LogP contribution is -2.42. The second-order valence-corrected chi connectivity index (χ2v) is 4.66. The summed E-state index contributed by atoms with van der Waals surface area (Å²) in [6.45, 7) is 0.815. The van der Waals surface area contributed by atoms with Crippen molar-refractivity contribution in [3.8, 4) is 0 Å². The first-order chi connectivity index (χ1) is 8.29. The highest BCUT2D eigenvalue weighted by Gasteiger charge is 2.15. The van der Waals surface area contributed by atoms with E-state index in [9.17, 15) is 0 Å². The minimum absolute atomic E-state index is 0.606. The molecule has 17 heavy (non-hydrogen) atoms. The summed E-state index contributed by atoms with van der Waals surface area (Å²) >= 11 is 0. The van der Waals surface area contributed by atoms with Gasteiger partial charge in [0.05, 0.1) is 6.54 Å². The predicted octanol–water partition coefficient (Wildman–Crippen LogP) is 1.63. The minimum Gasteiger partial charge on any atom is -0.354 e. The normalized spacial score (nSPS) is 17.4. The Hall–Kier alpha value is -1.45. The van der Waals surface area contributed by atoms with Crippen molar-refractivity contribution in [2.24, 2.45) is 12.0 Å². The smallest absolute Gasteiger partial charge is 0.191 e. The number of rotatable bonds is 3. The van der Waals surface area contributed by atoms with Crippen molar-refractivity contribution in [2.75, 3.05) is 7.05 Å². The number of guanidine groups is 1. The number of nitrogens with zero attached hydrogens (tertiary/aromatic N) is 2. The summed E-state index contributed by atoms with van der Waals surface area (Å²) in [6.07, 6.45) is 7.28. The van der Waals surface area contributed by atoms with Crippen molar-refractivity contribution in [2.45, 2.75) is 38.3 Å². The summed E-state index contributed by atoms with van der Waals surface area (Å²) < 4.78 is 2.12. The molecule has 0 radical (unpaired) electrons.